The number of rotatable bonds is 6. The van der Waals surface area contributed by atoms with Crippen molar-refractivity contribution < 1.29 is 17.6 Å². The number of amides is 1. The SMILES string of the molecule is CS(=O)(=O)NCCNC(=O)c1ccc(-c2ccco2)[nH]c1=O. The summed E-state index contributed by atoms with van der Waals surface area (Å²) in [6, 6.07) is 6.31. The van der Waals surface area contributed by atoms with Crippen molar-refractivity contribution in [3.8, 4) is 11.5 Å². The van der Waals surface area contributed by atoms with Crippen LogP contribution in [0.1, 0.15) is 10.4 Å². The van der Waals surface area contributed by atoms with Crippen LogP contribution in [0.3, 0.4) is 0 Å². The summed E-state index contributed by atoms with van der Waals surface area (Å²) in [4.78, 5) is 26.3. The highest BCUT2D eigenvalue weighted by Gasteiger charge is 2.12. The van der Waals surface area contributed by atoms with Gasteiger partial charge in [-0.3, -0.25) is 9.59 Å². The molecule has 0 saturated heterocycles. The minimum absolute atomic E-state index is 0.0486. The highest BCUT2D eigenvalue weighted by molar-refractivity contribution is 7.88. The van der Waals surface area contributed by atoms with Gasteiger partial charge in [-0.1, -0.05) is 0 Å². The molecule has 1 amide bonds. The van der Waals surface area contributed by atoms with Gasteiger partial charge in [-0.05, 0) is 24.3 Å². The normalized spacial score (nSPS) is 11.3. The van der Waals surface area contributed by atoms with Crippen molar-refractivity contribution in [2.75, 3.05) is 19.3 Å². The molecule has 0 unspecified atom stereocenters. The molecule has 118 valence electrons. The zero-order valence-electron chi connectivity index (χ0n) is 11.8. The molecular weight excluding hydrogens is 310 g/mol. The van der Waals surface area contributed by atoms with E-state index in [1.165, 1.54) is 12.3 Å². The average molecular weight is 325 g/mol. The maximum atomic E-state index is 11.9. The van der Waals surface area contributed by atoms with Crippen LogP contribution in [0.15, 0.2) is 39.7 Å². The van der Waals surface area contributed by atoms with Crippen molar-refractivity contribution in [2.24, 2.45) is 0 Å². The fraction of sp³-hybridized carbons (Fsp3) is 0.231. The molecule has 2 aromatic rings. The molecule has 22 heavy (non-hydrogen) atoms. The Morgan fingerprint density at radius 3 is 2.64 bits per heavy atom. The Bertz CT molecular complexity index is 808. The Hall–Kier alpha value is -2.39. The molecule has 9 heteroatoms. The van der Waals surface area contributed by atoms with E-state index in [0.717, 1.165) is 6.26 Å². The van der Waals surface area contributed by atoms with Crippen molar-refractivity contribution in [3.63, 3.8) is 0 Å². The zero-order chi connectivity index (χ0) is 16.2. The molecule has 0 bridgehead atoms. The maximum Gasteiger partial charge on any atom is 0.261 e. The number of H-pyrrole nitrogens is 1. The van der Waals surface area contributed by atoms with E-state index < -0.39 is 21.5 Å². The first kappa shape index (κ1) is 16.0. The van der Waals surface area contributed by atoms with E-state index in [0.29, 0.717) is 11.5 Å². The Balaban J connectivity index is 2.00. The van der Waals surface area contributed by atoms with Crippen molar-refractivity contribution in [2.45, 2.75) is 0 Å². The fourth-order valence-electron chi connectivity index (χ4n) is 1.74. The van der Waals surface area contributed by atoms with Crippen molar-refractivity contribution >= 4 is 15.9 Å². The van der Waals surface area contributed by atoms with E-state index in [-0.39, 0.29) is 18.7 Å². The minimum atomic E-state index is -3.31. The van der Waals surface area contributed by atoms with Crippen LogP contribution >= 0.6 is 0 Å². The summed E-state index contributed by atoms with van der Waals surface area (Å²) in [6.45, 7) is 0.123. The third-order valence-electron chi connectivity index (χ3n) is 2.72. The maximum absolute atomic E-state index is 11.9. The summed E-state index contributed by atoms with van der Waals surface area (Å²) in [5.41, 5.74) is -0.151. The third-order valence-corrected chi connectivity index (χ3v) is 3.44. The predicted molar refractivity (Wildman–Crippen MR) is 79.9 cm³/mol. The number of furan rings is 1. The number of pyridine rings is 1. The molecule has 0 aliphatic carbocycles. The summed E-state index contributed by atoms with van der Waals surface area (Å²) < 4.78 is 29.1. The van der Waals surface area contributed by atoms with Crippen LogP contribution in [0.2, 0.25) is 0 Å². The topological polar surface area (TPSA) is 121 Å². The number of carbonyl (C=O) groups excluding carboxylic acids is 1. The molecular formula is C13H15N3O5S. The van der Waals surface area contributed by atoms with E-state index in [9.17, 15) is 18.0 Å². The van der Waals surface area contributed by atoms with Crippen LogP contribution in [-0.2, 0) is 10.0 Å². The van der Waals surface area contributed by atoms with Gasteiger partial charge in [0.15, 0.2) is 0 Å². The third kappa shape index (κ3) is 4.30. The van der Waals surface area contributed by atoms with Gasteiger partial charge < -0.3 is 14.7 Å². The largest absolute Gasteiger partial charge is 0.463 e. The molecule has 2 rings (SSSR count). The molecule has 0 aromatic carbocycles. The number of aromatic nitrogens is 1. The Labute approximate surface area is 126 Å². The lowest BCUT2D eigenvalue weighted by atomic mass is 10.2. The standard InChI is InChI=1S/C13H15N3O5S/c1-22(19,20)15-7-6-14-12(17)9-4-5-10(16-13(9)18)11-3-2-8-21-11/h2-5,8,15H,6-7H2,1H3,(H,14,17)(H,16,18). The molecule has 0 fully saturated rings. The van der Waals surface area contributed by atoms with Gasteiger partial charge in [-0.25, -0.2) is 13.1 Å². The van der Waals surface area contributed by atoms with Gasteiger partial charge in [-0.2, -0.15) is 0 Å². The monoisotopic (exact) mass is 325 g/mol. The molecule has 2 aromatic heterocycles. The van der Waals surface area contributed by atoms with Crippen LogP contribution in [0.25, 0.3) is 11.5 Å². The molecule has 0 spiro atoms. The van der Waals surface area contributed by atoms with Crippen molar-refractivity contribution in [1.29, 1.82) is 0 Å². The van der Waals surface area contributed by atoms with Gasteiger partial charge in [0.1, 0.15) is 11.3 Å². The second-order valence-electron chi connectivity index (χ2n) is 4.51. The summed E-state index contributed by atoms with van der Waals surface area (Å²) in [6.07, 6.45) is 2.50. The number of carbonyl (C=O) groups is 1. The molecule has 0 aliphatic rings. The van der Waals surface area contributed by atoms with Gasteiger partial charge in [-0.15, -0.1) is 0 Å². The van der Waals surface area contributed by atoms with E-state index >= 15 is 0 Å². The van der Waals surface area contributed by atoms with Crippen LogP contribution in [-0.4, -0.2) is 38.7 Å². The Morgan fingerprint density at radius 1 is 1.27 bits per heavy atom. The van der Waals surface area contributed by atoms with Crippen molar-refractivity contribution in [1.82, 2.24) is 15.0 Å². The molecule has 0 saturated carbocycles. The van der Waals surface area contributed by atoms with Crippen LogP contribution in [0.5, 0.6) is 0 Å². The second kappa shape index (κ2) is 6.58. The fourth-order valence-corrected chi connectivity index (χ4v) is 2.21. The zero-order valence-corrected chi connectivity index (χ0v) is 12.6. The first-order chi connectivity index (χ1) is 10.4. The lowest BCUT2D eigenvalue weighted by molar-refractivity contribution is 0.0953. The highest BCUT2D eigenvalue weighted by Crippen LogP contribution is 2.15. The van der Waals surface area contributed by atoms with Gasteiger partial charge in [0.05, 0.1) is 18.2 Å². The first-order valence-electron chi connectivity index (χ1n) is 6.37. The first-order valence-corrected chi connectivity index (χ1v) is 8.26. The molecule has 0 aliphatic heterocycles. The Morgan fingerprint density at radius 2 is 2.05 bits per heavy atom. The highest BCUT2D eigenvalue weighted by atomic mass is 32.2. The number of hydrogen-bond acceptors (Lipinski definition) is 5. The number of hydrogen-bond donors (Lipinski definition) is 3. The van der Waals surface area contributed by atoms with Gasteiger partial charge in [0.2, 0.25) is 10.0 Å². The van der Waals surface area contributed by atoms with Gasteiger partial charge in [0, 0.05) is 13.1 Å². The lowest BCUT2D eigenvalue weighted by Crippen LogP contribution is -2.36. The molecule has 2 heterocycles. The molecule has 0 atom stereocenters. The summed E-state index contributed by atoms with van der Waals surface area (Å²) in [5.74, 6) is -0.0936. The predicted octanol–water partition coefficient (Wildman–Crippen LogP) is -0.0861. The Kier molecular flexibility index (Phi) is 4.78. The van der Waals surface area contributed by atoms with Gasteiger partial charge in [0.25, 0.3) is 11.5 Å². The quantitative estimate of drug-likeness (QED) is 0.641. The van der Waals surface area contributed by atoms with E-state index in [1.807, 2.05) is 0 Å². The van der Waals surface area contributed by atoms with Gasteiger partial charge >= 0.3 is 0 Å². The number of sulfonamides is 1. The number of aromatic amines is 1. The second-order valence-corrected chi connectivity index (χ2v) is 6.35. The smallest absolute Gasteiger partial charge is 0.261 e. The van der Waals surface area contributed by atoms with Crippen molar-refractivity contribution in [3.05, 3.63) is 46.4 Å². The summed E-state index contributed by atoms with van der Waals surface area (Å²) >= 11 is 0. The lowest BCUT2D eigenvalue weighted by Gasteiger charge is -2.05. The van der Waals surface area contributed by atoms with E-state index in [1.54, 1.807) is 18.2 Å². The van der Waals surface area contributed by atoms with E-state index in [4.69, 9.17) is 4.42 Å². The average Bonchev–Trinajstić information content (AvgIpc) is 2.96. The van der Waals surface area contributed by atoms with Crippen LogP contribution in [0, 0.1) is 0 Å². The van der Waals surface area contributed by atoms with E-state index in [2.05, 4.69) is 15.0 Å². The minimum Gasteiger partial charge on any atom is -0.463 e. The van der Waals surface area contributed by atoms with Crippen LogP contribution in [0.4, 0.5) is 0 Å². The molecule has 0 radical (unpaired) electrons. The molecule has 8 nitrogen and oxygen atoms in total. The molecule has 3 N–H and O–H groups in total. The summed E-state index contributed by atoms with van der Waals surface area (Å²) in [7, 11) is -3.31. The summed E-state index contributed by atoms with van der Waals surface area (Å²) in [5, 5.41) is 2.46. The number of nitrogens with one attached hydrogen (secondary N) is 3. The van der Waals surface area contributed by atoms with Crippen LogP contribution < -0.4 is 15.6 Å².